The first-order valence-corrected chi connectivity index (χ1v) is 6.37. The van der Waals surface area contributed by atoms with Gasteiger partial charge in [-0.05, 0) is 36.6 Å². The van der Waals surface area contributed by atoms with Crippen LogP contribution in [0.5, 0.6) is 0 Å². The van der Waals surface area contributed by atoms with Crippen LogP contribution in [0.4, 0.5) is 0 Å². The van der Waals surface area contributed by atoms with E-state index in [9.17, 15) is 5.11 Å². The zero-order chi connectivity index (χ0) is 13.3. The fourth-order valence-corrected chi connectivity index (χ4v) is 2.11. The molecule has 2 rings (SSSR count). The second-order valence-electron chi connectivity index (χ2n) is 4.72. The summed E-state index contributed by atoms with van der Waals surface area (Å²) in [4.78, 5) is 0. The molecule has 0 bridgehead atoms. The van der Waals surface area contributed by atoms with Gasteiger partial charge in [-0.2, -0.15) is 5.10 Å². The van der Waals surface area contributed by atoms with Gasteiger partial charge in [-0.15, -0.1) is 0 Å². The Morgan fingerprint density at radius 3 is 2.67 bits per heavy atom. The summed E-state index contributed by atoms with van der Waals surface area (Å²) in [6.07, 6.45) is 0. The van der Waals surface area contributed by atoms with Crippen LogP contribution in [0.15, 0.2) is 24.3 Å². The molecule has 3 nitrogen and oxygen atoms in total. The zero-order valence-corrected chi connectivity index (χ0v) is 11.6. The molecule has 1 N–H and O–H groups in total. The minimum Gasteiger partial charge on any atom is -0.390 e. The van der Waals surface area contributed by atoms with Crippen LogP contribution < -0.4 is 0 Å². The Kier molecular flexibility index (Phi) is 3.73. The van der Waals surface area contributed by atoms with E-state index in [1.807, 2.05) is 35.9 Å². The molecule has 0 aliphatic rings. The Balaban J connectivity index is 2.62. The van der Waals surface area contributed by atoms with E-state index in [2.05, 4.69) is 18.9 Å². The largest absolute Gasteiger partial charge is 0.390 e. The van der Waals surface area contributed by atoms with E-state index >= 15 is 0 Å². The standard InChI is InChI=1S/C14H17ClN2O/c1-9(2)13-7-12(8-18)16-17(13)14-6-11(15)5-4-10(14)3/h4-7,9,18H,8H2,1-3H3. The lowest BCUT2D eigenvalue weighted by molar-refractivity contribution is 0.276. The predicted octanol–water partition coefficient (Wildman–Crippen LogP) is 3.45. The monoisotopic (exact) mass is 264 g/mol. The third kappa shape index (κ3) is 2.42. The first-order valence-electron chi connectivity index (χ1n) is 5.99. The summed E-state index contributed by atoms with van der Waals surface area (Å²) in [7, 11) is 0. The average molecular weight is 265 g/mol. The Labute approximate surface area is 112 Å². The first kappa shape index (κ1) is 13.1. The molecule has 1 heterocycles. The normalized spacial score (nSPS) is 11.2. The van der Waals surface area contributed by atoms with Crippen molar-refractivity contribution in [3.63, 3.8) is 0 Å². The van der Waals surface area contributed by atoms with E-state index in [0.717, 1.165) is 16.9 Å². The van der Waals surface area contributed by atoms with E-state index in [1.165, 1.54) is 0 Å². The first-order chi connectivity index (χ1) is 8.52. The van der Waals surface area contributed by atoms with Gasteiger partial charge in [-0.3, -0.25) is 0 Å². The van der Waals surface area contributed by atoms with Gasteiger partial charge in [-0.1, -0.05) is 31.5 Å². The number of nitrogens with zero attached hydrogens (tertiary/aromatic N) is 2. The number of aryl methyl sites for hydroxylation is 1. The molecule has 0 saturated heterocycles. The maximum atomic E-state index is 9.23. The molecule has 0 amide bonds. The zero-order valence-electron chi connectivity index (χ0n) is 10.8. The Morgan fingerprint density at radius 1 is 1.33 bits per heavy atom. The highest BCUT2D eigenvalue weighted by Gasteiger charge is 2.14. The number of rotatable bonds is 3. The number of hydrogen-bond donors (Lipinski definition) is 1. The van der Waals surface area contributed by atoms with Crippen molar-refractivity contribution >= 4 is 11.6 Å². The quantitative estimate of drug-likeness (QED) is 0.922. The highest BCUT2D eigenvalue weighted by molar-refractivity contribution is 6.30. The Morgan fingerprint density at radius 2 is 2.06 bits per heavy atom. The lowest BCUT2D eigenvalue weighted by Gasteiger charge is -2.12. The van der Waals surface area contributed by atoms with Crippen molar-refractivity contribution in [1.82, 2.24) is 9.78 Å². The summed E-state index contributed by atoms with van der Waals surface area (Å²) in [5, 5.41) is 14.3. The number of hydrogen-bond acceptors (Lipinski definition) is 2. The summed E-state index contributed by atoms with van der Waals surface area (Å²) >= 11 is 6.05. The van der Waals surface area contributed by atoms with Gasteiger partial charge in [0.25, 0.3) is 0 Å². The lowest BCUT2D eigenvalue weighted by atomic mass is 10.1. The van der Waals surface area contributed by atoms with E-state index < -0.39 is 0 Å². The molecule has 1 aromatic heterocycles. The highest BCUT2D eigenvalue weighted by Crippen LogP contribution is 2.24. The summed E-state index contributed by atoms with van der Waals surface area (Å²) in [5.41, 5.74) is 3.82. The maximum absolute atomic E-state index is 9.23. The number of aliphatic hydroxyl groups excluding tert-OH is 1. The average Bonchev–Trinajstić information content (AvgIpc) is 2.76. The Hall–Kier alpha value is -1.32. The van der Waals surface area contributed by atoms with Crippen LogP contribution in [0.25, 0.3) is 5.69 Å². The van der Waals surface area contributed by atoms with E-state index in [0.29, 0.717) is 16.6 Å². The number of benzene rings is 1. The van der Waals surface area contributed by atoms with Crippen LogP contribution in [-0.2, 0) is 6.61 Å². The lowest BCUT2D eigenvalue weighted by Crippen LogP contribution is -2.05. The van der Waals surface area contributed by atoms with Gasteiger partial charge in [-0.25, -0.2) is 4.68 Å². The van der Waals surface area contributed by atoms with Gasteiger partial charge in [0.2, 0.25) is 0 Å². The van der Waals surface area contributed by atoms with Crippen molar-refractivity contribution < 1.29 is 5.11 Å². The third-order valence-corrected chi connectivity index (χ3v) is 3.18. The molecule has 0 spiro atoms. The van der Waals surface area contributed by atoms with Crippen LogP contribution in [0, 0.1) is 6.92 Å². The predicted molar refractivity (Wildman–Crippen MR) is 73.3 cm³/mol. The van der Waals surface area contributed by atoms with Crippen LogP contribution >= 0.6 is 11.6 Å². The molecule has 1 aromatic carbocycles. The summed E-state index contributed by atoms with van der Waals surface area (Å²) in [5.74, 6) is 0.330. The molecular weight excluding hydrogens is 248 g/mol. The highest BCUT2D eigenvalue weighted by atomic mass is 35.5. The van der Waals surface area contributed by atoms with Crippen LogP contribution in [-0.4, -0.2) is 14.9 Å². The van der Waals surface area contributed by atoms with Crippen molar-refractivity contribution in [2.75, 3.05) is 0 Å². The van der Waals surface area contributed by atoms with Gasteiger partial charge in [0.05, 0.1) is 18.0 Å². The molecule has 0 radical (unpaired) electrons. The van der Waals surface area contributed by atoms with Crippen molar-refractivity contribution in [1.29, 1.82) is 0 Å². The van der Waals surface area contributed by atoms with E-state index in [-0.39, 0.29) is 6.61 Å². The maximum Gasteiger partial charge on any atom is 0.0886 e. The summed E-state index contributed by atoms with van der Waals surface area (Å²) in [6, 6.07) is 7.68. The molecular formula is C14H17ClN2O. The van der Waals surface area contributed by atoms with Crippen LogP contribution in [0.3, 0.4) is 0 Å². The SMILES string of the molecule is Cc1ccc(Cl)cc1-n1nc(CO)cc1C(C)C. The van der Waals surface area contributed by atoms with Gasteiger partial charge in [0.1, 0.15) is 0 Å². The molecule has 0 unspecified atom stereocenters. The second-order valence-corrected chi connectivity index (χ2v) is 5.15. The molecule has 0 fully saturated rings. The van der Waals surface area contributed by atoms with Crippen molar-refractivity contribution in [3.8, 4) is 5.69 Å². The van der Waals surface area contributed by atoms with Crippen molar-refractivity contribution in [2.24, 2.45) is 0 Å². The molecule has 0 saturated carbocycles. The fourth-order valence-electron chi connectivity index (χ4n) is 1.94. The van der Waals surface area contributed by atoms with Crippen LogP contribution in [0.2, 0.25) is 5.02 Å². The molecule has 0 atom stereocenters. The van der Waals surface area contributed by atoms with Crippen LogP contribution in [0.1, 0.15) is 36.7 Å². The minimum absolute atomic E-state index is 0.0493. The van der Waals surface area contributed by atoms with Crippen molar-refractivity contribution in [2.45, 2.75) is 33.3 Å². The minimum atomic E-state index is -0.0493. The number of halogens is 1. The molecule has 4 heteroatoms. The number of aliphatic hydroxyl groups is 1. The second kappa shape index (κ2) is 5.12. The van der Waals surface area contributed by atoms with E-state index in [1.54, 1.807) is 0 Å². The van der Waals surface area contributed by atoms with E-state index in [4.69, 9.17) is 11.6 Å². The fraction of sp³-hybridized carbons (Fsp3) is 0.357. The van der Waals surface area contributed by atoms with Gasteiger partial charge in [0, 0.05) is 10.7 Å². The smallest absolute Gasteiger partial charge is 0.0886 e. The molecule has 96 valence electrons. The topological polar surface area (TPSA) is 38.0 Å². The van der Waals surface area contributed by atoms with Gasteiger partial charge < -0.3 is 5.11 Å². The Bertz CT molecular complexity index is 561. The van der Waals surface area contributed by atoms with Gasteiger partial charge in [0.15, 0.2) is 0 Å². The summed E-state index contributed by atoms with van der Waals surface area (Å²) < 4.78 is 1.87. The summed E-state index contributed by atoms with van der Waals surface area (Å²) in [6.45, 7) is 6.19. The molecule has 0 aliphatic carbocycles. The van der Waals surface area contributed by atoms with Crippen molar-refractivity contribution in [3.05, 3.63) is 46.2 Å². The number of aromatic nitrogens is 2. The molecule has 2 aromatic rings. The van der Waals surface area contributed by atoms with Gasteiger partial charge >= 0.3 is 0 Å². The molecule has 18 heavy (non-hydrogen) atoms. The molecule has 0 aliphatic heterocycles. The third-order valence-electron chi connectivity index (χ3n) is 2.94.